The predicted octanol–water partition coefficient (Wildman–Crippen LogP) is 3.54. The van der Waals surface area contributed by atoms with Crippen LogP contribution in [0.25, 0.3) is 10.9 Å². The number of fused-ring (bicyclic) bond motifs is 2. The number of aromatic nitrogens is 3. The minimum absolute atomic E-state index is 0.275. The standard InChI is InChI=1S/C20H24N4O/c1-3-25-14-18-12-21-20-15(2)23(10-11-24(18)20)13-17-9-8-16-6-4-5-7-19(16)22-17/h4-9,12,15H,3,10-11,13-14H2,1-2H3. The first kappa shape index (κ1) is 16.2. The summed E-state index contributed by atoms with van der Waals surface area (Å²) < 4.78 is 7.87. The zero-order valence-corrected chi connectivity index (χ0v) is 14.9. The molecule has 2 aromatic heterocycles. The molecule has 0 spiro atoms. The van der Waals surface area contributed by atoms with E-state index in [1.807, 2.05) is 19.2 Å². The maximum atomic E-state index is 5.56. The first-order chi connectivity index (χ1) is 12.3. The molecule has 3 heterocycles. The van der Waals surface area contributed by atoms with E-state index in [0.717, 1.165) is 43.3 Å². The predicted molar refractivity (Wildman–Crippen MR) is 98.1 cm³/mol. The van der Waals surface area contributed by atoms with E-state index in [4.69, 9.17) is 9.72 Å². The molecule has 130 valence electrons. The van der Waals surface area contributed by atoms with Gasteiger partial charge in [-0.25, -0.2) is 4.98 Å². The van der Waals surface area contributed by atoms with Gasteiger partial charge in [-0.15, -0.1) is 0 Å². The monoisotopic (exact) mass is 336 g/mol. The number of pyridine rings is 1. The summed E-state index contributed by atoms with van der Waals surface area (Å²) in [7, 11) is 0. The molecule has 1 aliphatic heterocycles. The molecule has 1 unspecified atom stereocenters. The highest BCUT2D eigenvalue weighted by Gasteiger charge is 2.27. The Bertz CT molecular complexity index is 873. The summed E-state index contributed by atoms with van der Waals surface area (Å²) in [6, 6.07) is 12.8. The van der Waals surface area contributed by atoms with Gasteiger partial charge in [-0.3, -0.25) is 9.88 Å². The number of hydrogen-bond donors (Lipinski definition) is 0. The first-order valence-electron chi connectivity index (χ1n) is 8.97. The van der Waals surface area contributed by atoms with E-state index < -0.39 is 0 Å². The number of ether oxygens (including phenoxy) is 1. The van der Waals surface area contributed by atoms with Gasteiger partial charge < -0.3 is 9.30 Å². The van der Waals surface area contributed by atoms with E-state index in [0.29, 0.717) is 6.61 Å². The van der Waals surface area contributed by atoms with Crippen molar-refractivity contribution in [1.82, 2.24) is 19.4 Å². The second-order valence-electron chi connectivity index (χ2n) is 6.54. The van der Waals surface area contributed by atoms with E-state index in [1.165, 1.54) is 11.1 Å². The fourth-order valence-corrected chi connectivity index (χ4v) is 3.55. The van der Waals surface area contributed by atoms with E-state index in [-0.39, 0.29) is 6.04 Å². The van der Waals surface area contributed by atoms with Crippen LogP contribution >= 0.6 is 0 Å². The van der Waals surface area contributed by atoms with Crippen molar-refractivity contribution in [2.75, 3.05) is 13.2 Å². The molecule has 0 fully saturated rings. The summed E-state index contributed by atoms with van der Waals surface area (Å²) in [6.07, 6.45) is 1.96. The molecule has 1 aromatic carbocycles. The van der Waals surface area contributed by atoms with Crippen molar-refractivity contribution in [2.24, 2.45) is 0 Å². The van der Waals surface area contributed by atoms with Crippen LogP contribution in [0.15, 0.2) is 42.6 Å². The van der Waals surface area contributed by atoms with Crippen molar-refractivity contribution < 1.29 is 4.74 Å². The van der Waals surface area contributed by atoms with Gasteiger partial charge in [0.05, 0.1) is 35.8 Å². The highest BCUT2D eigenvalue weighted by atomic mass is 16.5. The van der Waals surface area contributed by atoms with Crippen LogP contribution in [0.4, 0.5) is 0 Å². The largest absolute Gasteiger partial charge is 0.375 e. The Morgan fingerprint density at radius 1 is 1.16 bits per heavy atom. The van der Waals surface area contributed by atoms with Crippen molar-refractivity contribution in [2.45, 2.75) is 39.6 Å². The molecule has 0 N–H and O–H groups in total. The molecule has 0 saturated heterocycles. The summed E-state index contributed by atoms with van der Waals surface area (Å²) in [5, 5.41) is 1.19. The summed E-state index contributed by atoms with van der Waals surface area (Å²) in [6.45, 7) is 8.42. The molecule has 1 atom stereocenters. The zero-order chi connectivity index (χ0) is 17.2. The van der Waals surface area contributed by atoms with Gasteiger partial charge in [-0.2, -0.15) is 0 Å². The Kier molecular flexibility index (Phi) is 4.51. The molecule has 0 amide bonds. The lowest BCUT2D eigenvalue weighted by molar-refractivity contribution is 0.119. The molecule has 0 bridgehead atoms. The number of hydrogen-bond acceptors (Lipinski definition) is 4. The Morgan fingerprint density at radius 2 is 2.04 bits per heavy atom. The molecule has 0 aliphatic carbocycles. The zero-order valence-electron chi connectivity index (χ0n) is 14.9. The molecular formula is C20H24N4O. The average Bonchev–Trinajstić information content (AvgIpc) is 3.06. The van der Waals surface area contributed by atoms with E-state index >= 15 is 0 Å². The summed E-state index contributed by atoms with van der Waals surface area (Å²) in [5.74, 6) is 1.13. The van der Waals surface area contributed by atoms with Gasteiger partial charge >= 0.3 is 0 Å². The van der Waals surface area contributed by atoms with Crippen molar-refractivity contribution in [3.05, 3.63) is 59.8 Å². The first-order valence-corrected chi connectivity index (χ1v) is 8.97. The van der Waals surface area contributed by atoms with E-state index in [2.05, 4.69) is 51.7 Å². The molecule has 25 heavy (non-hydrogen) atoms. The maximum absolute atomic E-state index is 5.56. The SMILES string of the molecule is CCOCc1cnc2n1CCN(Cc1ccc3ccccc3n1)C2C. The Labute approximate surface area is 148 Å². The van der Waals surface area contributed by atoms with Gasteiger partial charge in [0.15, 0.2) is 0 Å². The third-order valence-corrected chi connectivity index (χ3v) is 4.98. The molecule has 4 rings (SSSR count). The van der Waals surface area contributed by atoms with Crippen LogP contribution in [0.2, 0.25) is 0 Å². The van der Waals surface area contributed by atoms with Gasteiger partial charge in [0, 0.05) is 31.6 Å². The number of benzene rings is 1. The highest BCUT2D eigenvalue weighted by Crippen LogP contribution is 2.27. The second-order valence-corrected chi connectivity index (χ2v) is 6.54. The van der Waals surface area contributed by atoms with Gasteiger partial charge in [0.1, 0.15) is 5.82 Å². The van der Waals surface area contributed by atoms with Crippen LogP contribution in [0, 0.1) is 0 Å². The molecule has 0 saturated carbocycles. The minimum atomic E-state index is 0.275. The molecule has 1 aliphatic rings. The Hall–Kier alpha value is -2.24. The van der Waals surface area contributed by atoms with Crippen LogP contribution < -0.4 is 0 Å². The summed E-state index contributed by atoms with van der Waals surface area (Å²) in [4.78, 5) is 11.9. The van der Waals surface area contributed by atoms with Crippen molar-refractivity contribution >= 4 is 10.9 Å². The molecule has 0 radical (unpaired) electrons. The van der Waals surface area contributed by atoms with Crippen LogP contribution in [-0.2, 0) is 24.4 Å². The van der Waals surface area contributed by atoms with Gasteiger partial charge in [0.25, 0.3) is 0 Å². The minimum Gasteiger partial charge on any atom is -0.375 e. The highest BCUT2D eigenvalue weighted by molar-refractivity contribution is 5.78. The van der Waals surface area contributed by atoms with Gasteiger partial charge in [-0.1, -0.05) is 24.3 Å². The lowest BCUT2D eigenvalue weighted by atomic mass is 10.1. The normalized spacial score (nSPS) is 17.8. The number of imidazole rings is 1. The molecule has 5 nitrogen and oxygen atoms in total. The van der Waals surface area contributed by atoms with Crippen LogP contribution in [0.3, 0.4) is 0 Å². The van der Waals surface area contributed by atoms with Gasteiger partial charge in [0.2, 0.25) is 0 Å². The van der Waals surface area contributed by atoms with Crippen LogP contribution in [0.1, 0.15) is 37.1 Å². The second kappa shape index (κ2) is 6.94. The van der Waals surface area contributed by atoms with E-state index in [1.54, 1.807) is 0 Å². The third kappa shape index (κ3) is 3.17. The van der Waals surface area contributed by atoms with Crippen molar-refractivity contribution in [1.29, 1.82) is 0 Å². The van der Waals surface area contributed by atoms with Gasteiger partial charge in [-0.05, 0) is 26.0 Å². The fraction of sp³-hybridized carbons (Fsp3) is 0.400. The number of rotatable bonds is 5. The lowest BCUT2D eigenvalue weighted by Gasteiger charge is -2.34. The average molecular weight is 336 g/mol. The van der Waals surface area contributed by atoms with Crippen LogP contribution in [-0.4, -0.2) is 32.6 Å². The van der Waals surface area contributed by atoms with Crippen LogP contribution in [0.5, 0.6) is 0 Å². The Balaban J connectivity index is 1.52. The molecular weight excluding hydrogens is 312 g/mol. The number of para-hydroxylation sites is 1. The van der Waals surface area contributed by atoms with E-state index in [9.17, 15) is 0 Å². The quantitative estimate of drug-likeness (QED) is 0.715. The Morgan fingerprint density at radius 3 is 2.92 bits per heavy atom. The lowest BCUT2D eigenvalue weighted by Crippen LogP contribution is -2.37. The molecule has 5 heteroatoms. The fourth-order valence-electron chi connectivity index (χ4n) is 3.55. The van der Waals surface area contributed by atoms with Crippen molar-refractivity contribution in [3.63, 3.8) is 0 Å². The molecule has 3 aromatic rings. The third-order valence-electron chi connectivity index (χ3n) is 4.98. The summed E-state index contributed by atoms with van der Waals surface area (Å²) >= 11 is 0. The summed E-state index contributed by atoms with van der Waals surface area (Å²) in [5.41, 5.74) is 3.34. The topological polar surface area (TPSA) is 43.2 Å². The number of nitrogens with zero attached hydrogens (tertiary/aromatic N) is 4. The van der Waals surface area contributed by atoms with Crippen molar-refractivity contribution in [3.8, 4) is 0 Å². The maximum Gasteiger partial charge on any atom is 0.126 e. The smallest absolute Gasteiger partial charge is 0.126 e.